The van der Waals surface area contributed by atoms with E-state index in [1.165, 1.54) is 16.0 Å². The first-order chi connectivity index (χ1) is 18.5. The first-order valence-corrected chi connectivity index (χ1v) is 13.1. The second-order valence-electron chi connectivity index (χ2n) is 9.33. The summed E-state index contributed by atoms with van der Waals surface area (Å²) < 4.78 is 25.7. The Morgan fingerprint density at radius 1 is 1.16 bits per heavy atom. The third kappa shape index (κ3) is 6.68. The summed E-state index contributed by atoms with van der Waals surface area (Å²) in [5, 5.41) is 8.87. The van der Waals surface area contributed by atoms with E-state index in [1.807, 2.05) is 31.2 Å². The van der Waals surface area contributed by atoms with Crippen molar-refractivity contribution in [1.29, 1.82) is 0 Å². The van der Waals surface area contributed by atoms with Crippen LogP contribution in [-0.4, -0.2) is 92.1 Å². The van der Waals surface area contributed by atoms with Crippen LogP contribution in [0.15, 0.2) is 53.6 Å². The molecule has 0 bridgehead atoms. The molecule has 0 spiro atoms. The third-order valence-electron chi connectivity index (χ3n) is 6.78. The zero-order valence-electron chi connectivity index (χ0n) is 22.1. The number of amides is 3. The number of hydrazone groups is 1. The van der Waals surface area contributed by atoms with Gasteiger partial charge in [0.15, 0.2) is 0 Å². The molecule has 0 unspecified atom stereocenters. The number of carbonyl (C=O) groups excluding carboxylic acids is 2. The third-order valence-corrected chi connectivity index (χ3v) is 6.78. The van der Waals surface area contributed by atoms with Gasteiger partial charge in [0.2, 0.25) is 0 Å². The van der Waals surface area contributed by atoms with E-state index in [9.17, 15) is 14.0 Å². The number of nitrogens with one attached hydrogen (secondary N) is 1. The number of para-hydroxylation sites is 1. The van der Waals surface area contributed by atoms with Crippen LogP contribution in [0, 0.1) is 5.82 Å². The van der Waals surface area contributed by atoms with E-state index in [4.69, 9.17) is 9.47 Å². The zero-order chi connectivity index (χ0) is 26.9. The molecule has 38 heavy (non-hydrogen) atoms. The molecule has 1 atom stereocenters. The molecule has 2 aromatic rings. The predicted octanol–water partition coefficient (Wildman–Crippen LogP) is 3.27. The van der Waals surface area contributed by atoms with Crippen molar-refractivity contribution in [3.05, 3.63) is 65.5 Å². The molecule has 2 aliphatic rings. The van der Waals surface area contributed by atoms with Gasteiger partial charge in [0, 0.05) is 50.3 Å². The lowest BCUT2D eigenvalue weighted by atomic mass is 9.97. The number of methoxy groups -OCH3 is 1. The number of benzene rings is 2. The summed E-state index contributed by atoms with van der Waals surface area (Å²) in [7, 11) is 1.57. The van der Waals surface area contributed by atoms with Gasteiger partial charge in [-0.3, -0.25) is 9.69 Å². The van der Waals surface area contributed by atoms with Gasteiger partial charge in [0.25, 0.3) is 5.91 Å². The normalized spacial score (nSPS) is 17.7. The molecule has 0 aliphatic carbocycles. The Labute approximate surface area is 223 Å². The molecule has 2 heterocycles. The molecule has 4 rings (SSSR count). The summed E-state index contributed by atoms with van der Waals surface area (Å²) in [4.78, 5) is 30.5. The highest BCUT2D eigenvalue weighted by Gasteiger charge is 2.36. The second-order valence-corrected chi connectivity index (χ2v) is 9.33. The summed E-state index contributed by atoms with van der Waals surface area (Å²) in [6.07, 6.45) is 1.11. The highest BCUT2D eigenvalue weighted by molar-refractivity contribution is 6.03. The van der Waals surface area contributed by atoms with Gasteiger partial charge in [-0.25, -0.2) is 14.2 Å². The summed E-state index contributed by atoms with van der Waals surface area (Å²) in [6.45, 7) is 6.25. The maximum Gasteiger partial charge on any atom is 0.317 e. The van der Waals surface area contributed by atoms with E-state index >= 15 is 0 Å². The number of hydrogen-bond acceptors (Lipinski definition) is 6. The minimum absolute atomic E-state index is 0.153. The number of hydrogen-bond donors (Lipinski definition) is 1. The molecule has 3 amide bonds. The molecule has 1 fully saturated rings. The smallest absolute Gasteiger partial charge is 0.317 e. The van der Waals surface area contributed by atoms with E-state index in [0.29, 0.717) is 56.3 Å². The van der Waals surface area contributed by atoms with Gasteiger partial charge in [-0.05, 0) is 18.6 Å². The van der Waals surface area contributed by atoms with Crippen LogP contribution in [-0.2, 0) is 9.53 Å². The van der Waals surface area contributed by atoms with E-state index < -0.39 is 11.9 Å². The van der Waals surface area contributed by atoms with Crippen LogP contribution in [0.5, 0.6) is 5.75 Å². The van der Waals surface area contributed by atoms with Gasteiger partial charge in [-0.2, -0.15) is 5.10 Å². The van der Waals surface area contributed by atoms with Gasteiger partial charge in [-0.15, -0.1) is 0 Å². The number of nitrogens with zero attached hydrogens (tertiary/aromatic N) is 4. The maximum atomic E-state index is 14.7. The fourth-order valence-corrected chi connectivity index (χ4v) is 4.70. The molecule has 204 valence electrons. The summed E-state index contributed by atoms with van der Waals surface area (Å²) in [5.41, 5.74) is 1.60. The first kappa shape index (κ1) is 27.5. The molecule has 0 aromatic heterocycles. The highest BCUT2D eigenvalue weighted by atomic mass is 19.1. The second kappa shape index (κ2) is 13.3. The van der Waals surface area contributed by atoms with Gasteiger partial charge < -0.3 is 19.7 Å². The standard InChI is InChI=1S/C28H36FN5O4/c1-3-12-30-28(36)33(14-13-32-15-17-38-18-16-32)20-27(35)34-25(22-9-5-7-11-26(22)37-2)19-24(31-34)21-8-4-6-10-23(21)29/h4-11,25H,3,12-20H2,1-2H3,(H,30,36)/t25-/m0/s1. The van der Waals surface area contributed by atoms with Crippen molar-refractivity contribution in [2.24, 2.45) is 5.10 Å². The average molecular weight is 526 g/mol. The molecule has 1 N–H and O–H groups in total. The zero-order valence-corrected chi connectivity index (χ0v) is 22.1. The van der Waals surface area contributed by atoms with Crippen LogP contribution in [0.2, 0.25) is 0 Å². The van der Waals surface area contributed by atoms with Gasteiger partial charge in [-0.1, -0.05) is 43.3 Å². The van der Waals surface area contributed by atoms with Crippen molar-refractivity contribution in [3.8, 4) is 5.75 Å². The van der Waals surface area contributed by atoms with Crippen LogP contribution in [0.1, 0.15) is 36.9 Å². The van der Waals surface area contributed by atoms with Crippen LogP contribution in [0.25, 0.3) is 0 Å². The van der Waals surface area contributed by atoms with E-state index in [2.05, 4.69) is 15.3 Å². The van der Waals surface area contributed by atoms with E-state index in [0.717, 1.165) is 25.1 Å². The Balaban J connectivity index is 1.59. The van der Waals surface area contributed by atoms with Crippen LogP contribution >= 0.6 is 0 Å². The molecule has 9 nitrogen and oxygen atoms in total. The number of rotatable bonds is 10. The van der Waals surface area contributed by atoms with Crippen molar-refractivity contribution in [2.75, 3.05) is 59.6 Å². The van der Waals surface area contributed by atoms with Crippen molar-refractivity contribution in [1.82, 2.24) is 20.1 Å². The Morgan fingerprint density at radius 2 is 1.89 bits per heavy atom. The van der Waals surface area contributed by atoms with Crippen molar-refractivity contribution in [3.63, 3.8) is 0 Å². The number of morpholine rings is 1. The summed E-state index contributed by atoms with van der Waals surface area (Å²) in [5.74, 6) is -0.128. The molecule has 1 saturated heterocycles. The highest BCUT2D eigenvalue weighted by Crippen LogP contribution is 2.37. The lowest BCUT2D eigenvalue weighted by molar-refractivity contribution is -0.133. The average Bonchev–Trinajstić information content (AvgIpc) is 3.40. The number of ether oxygens (including phenoxy) is 2. The quantitative estimate of drug-likeness (QED) is 0.515. The van der Waals surface area contributed by atoms with Gasteiger partial charge >= 0.3 is 6.03 Å². The van der Waals surface area contributed by atoms with E-state index in [-0.39, 0.29) is 18.5 Å². The Hall–Kier alpha value is -3.50. The van der Waals surface area contributed by atoms with E-state index in [1.54, 1.807) is 25.3 Å². The van der Waals surface area contributed by atoms with Crippen LogP contribution in [0.4, 0.5) is 9.18 Å². The lowest BCUT2D eigenvalue weighted by Crippen LogP contribution is -2.49. The first-order valence-electron chi connectivity index (χ1n) is 13.1. The van der Waals surface area contributed by atoms with Crippen LogP contribution in [0.3, 0.4) is 0 Å². The molecule has 2 aliphatic heterocycles. The number of urea groups is 1. The van der Waals surface area contributed by atoms with Gasteiger partial charge in [0.05, 0.1) is 32.1 Å². The summed E-state index contributed by atoms with van der Waals surface area (Å²) in [6, 6.07) is 13.1. The van der Waals surface area contributed by atoms with Crippen molar-refractivity contribution in [2.45, 2.75) is 25.8 Å². The molecular weight excluding hydrogens is 489 g/mol. The number of carbonyl (C=O) groups is 2. The minimum Gasteiger partial charge on any atom is -0.496 e. The predicted molar refractivity (Wildman–Crippen MR) is 143 cm³/mol. The Morgan fingerprint density at radius 3 is 2.63 bits per heavy atom. The van der Waals surface area contributed by atoms with Crippen molar-refractivity contribution < 1.29 is 23.5 Å². The monoisotopic (exact) mass is 525 g/mol. The molecule has 0 saturated carbocycles. The van der Waals surface area contributed by atoms with Gasteiger partial charge in [0.1, 0.15) is 18.1 Å². The largest absolute Gasteiger partial charge is 0.496 e. The molecule has 2 aromatic carbocycles. The molecule has 0 radical (unpaired) electrons. The Bertz CT molecular complexity index is 1140. The number of halogens is 1. The SMILES string of the molecule is CCCNC(=O)N(CCN1CCOCC1)CC(=O)N1N=C(c2ccccc2F)C[C@H]1c1ccccc1OC. The molecule has 10 heteroatoms. The van der Waals surface area contributed by atoms with Crippen molar-refractivity contribution >= 4 is 17.6 Å². The fraction of sp³-hybridized carbons (Fsp3) is 0.464. The maximum absolute atomic E-state index is 14.7. The Kier molecular flexibility index (Phi) is 9.67. The minimum atomic E-state index is -0.493. The fourth-order valence-electron chi connectivity index (χ4n) is 4.70. The molecular formula is C28H36FN5O4. The topological polar surface area (TPSA) is 86.7 Å². The lowest BCUT2D eigenvalue weighted by Gasteiger charge is -2.31. The summed E-state index contributed by atoms with van der Waals surface area (Å²) >= 11 is 0. The van der Waals surface area contributed by atoms with Crippen LogP contribution < -0.4 is 10.1 Å².